The molecule has 84 valence electrons. The van der Waals surface area contributed by atoms with Crippen LogP contribution in [0.15, 0.2) is 24.3 Å². The monoisotopic (exact) mass is 283 g/mol. The van der Waals surface area contributed by atoms with Gasteiger partial charge in [0.25, 0.3) is 0 Å². The van der Waals surface area contributed by atoms with Crippen LogP contribution in [0.1, 0.15) is 5.69 Å². The highest BCUT2D eigenvalue weighted by atomic mass is 79.9. The van der Waals surface area contributed by atoms with E-state index in [-0.39, 0.29) is 11.6 Å². The molecule has 2 rings (SSSR count). The van der Waals surface area contributed by atoms with Gasteiger partial charge in [0.2, 0.25) is 0 Å². The summed E-state index contributed by atoms with van der Waals surface area (Å²) in [5, 5.41) is 1.38. The van der Waals surface area contributed by atoms with Gasteiger partial charge in [0, 0.05) is 16.4 Å². The van der Waals surface area contributed by atoms with Gasteiger partial charge in [0.15, 0.2) is 11.6 Å². The van der Waals surface area contributed by atoms with Crippen LogP contribution >= 0.6 is 15.9 Å². The van der Waals surface area contributed by atoms with Crippen LogP contribution in [-0.4, -0.2) is 16.9 Å². The number of ether oxygens (including phenoxy) is 1. The average molecular weight is 284 g/mol. The molecule has 0 amide bonds. The van der Waals surface area contributed by atoms with Gasteiger partial charge in [-0.25, -0.2) is 4.39 Å². The molecule has 0 aliphatic rings. The lowest BCUT2D eigenvalue weighted by atomic mass is 10.2. The van der Waals surface area contributed by atoms with E-state index in [4.69, 9.17) is 4.74 Å². The molecule has 0 atom stereocenters. The second kappa shape index (κ2) is 4.78. The van der Waals surface area contributed by atoms with Gasteiger partial charge in [-0.2, -0.15) is 0 Å². The Hall–Kier alpha value is -1.16. The third kappa shape index (κ3) is 2.16. The van der Waals surface area contributed by atoms with E-state index in [1.807, 2.05) is 19.1 Å². The summed E-state index contributed by atoms with van der Waals surface area (Å²) in [6, 6.07) is 6.74. The van der Waals surface area contributed by atoms with Crippen molar-refractivity contribution in [3.8, 4) is 5.75 Å². The molecule has 1 aromatic carbocycles. The van der Waals surface area contributed by atoms with E-state index in [9.17, 15) is 4.39 Å². The van der Waals surface area contributed by atoms with Crippen LogP contribution in [0.2, 0.25) is 0 Å². The van der Waals surface area contributed by atoms with Crippen molar-refractivity contribution in [2.75, 3.05) is 11.9 Å². The predicted octanol–water partition coefficient (Wildman–Crippen LogP) is 3.46. The maximum Gasteiger partial charge on any atom is 0.165 e. The first-order valence-corrected chi connectivity index (χ1v) is 6.09. The standard InChI is InChI=1S/C12H11BrFNO/c1-8-2-3-9-11(15-8)5-4-10(14)12(9)16-7-6-13/h2-5H,6-7H2,1H3. The smallest absolute Gasteiger partial charge is 0.165 e. The van der Waals surface area contributed by atoms with E-state index in [2.05, 4.69) is 20.9 Å². The van der Waals surface area contributed by atoms with E-state index in [1.54, 1.807) is 6.07 Å². The van der Waals surface area contributed by atoms with Crippen molar-refractivity contribution < 1.29 is 9.13 Å². The van der Waals surface area contributed by atoms with Gasteiger partial charge in [0.1, 0.15) is 0 Å². The number of pyridine rings is 1. The summed E-state index contributed by atoms with van der Waals surface area (Å²) in [4.78, 5) is 4.33. The number of fused-ring (bicyclic) bond motifs is 1. The molecule has 0 saturated heterocycles. The van der Waals surface area contributed by atoms with Crippen LogP contribution in [0.5, 0.6) is 5.75 Å². The van der Waals surface area contributed by atoms with E-state index < -0.39 is 0 Å². The summed E-state index contributed by atoms with van der Waals surface area (Å²) >= 11 is 3.24. The third-order valence-electron chi connectivity index (χ3n) is 2.24. The maximum absolute atomic E-state index is 13.6. The molecule has 0 fully saturated rings. The fourth-order valence-electron chi connectivity index (χ4n) is 1.54. The Morgan fingerprint density at radius 2 is 2.12 bits per heavy atom. The first-order chi connectivity index (χ1) is 7.72. The van der Waals surface area contributed by atoms with Crippen LogP contribution in [0.25, 0.3) is 10.9 Å². The zero-order chi connectivity index (χ0) is 11.5. The van der Waals surface area contributed by atoms with Crippen LogP contribution in [0.4, 0.5) is 4.39 Å². The van der Waals surface area contributed by atoms with E-state index in [0.717, 1.165) is 11.2 Å². The molecule has 0 N–H and O–H groups in total. The minimum atomic E-state index is -0.348. The summed E-state index contributed by atoms with van der Waals surface area (Å²) in [6.07, 6.45) is 0. The Morgan fingerprint density at radius 1 is 1.31 bits per heavy atom. The van der Waals surface area contributed by atoms with Crippen LogP contribution in [0.3, 0.4) is 0 Å². The molecule has 0 aliphatic carbocycles. The summed E-state index contributed by atoms with van der Waals surface area (Å²) < 4.78 is 19.0. The Kier molecular flexibility index (Phi) is 3.39. The maximum atomic E-state index is 13.6. The fraction of sp³-hybridized carbons (Fsp3) is 0.250. The van der Waals surface area contributed by atoms with Crippen molar-refractivity contribution >= 4 is 26.8 Å². The van der Waals surface area contributed by atoms with Gasteiger partial charge in [-0.3, -0.25) is 4.98 Å². The van der Waals surface area contributed by atoms with Gasteiger partial charge in [0.05, 0.1) is 12.1 Å². The molecular weight excluding hydrogens is 273 g/mol. The molecule has 2 nitrogen and oxygen atoms in total. The second-order valence-corrected chi connectivity index (χ2v) is 4.23. The molecule has 0 aliphatic heterocycles. The number of halogens is 2. The Labute approximate surface area is 102 Å². The first-order valence-electron chi connectivity index (χ1n) is 4.97. The molecule has 16 heavy (non-hydrogen) atoms. The number of aromatic nitrogens is 1. The van der Waals surface area contributed by atoms with E-state index in [1.165, 1.54) is 6.07 Å². The van der Waals surface area contributed by atoms with Crippen molar-refractivity contribution in [1.29, 1.82) is 0 Å². The zero-order valence-corrected chi connectivity index (χ0v) is 10.4. The lowest BCUT2D eigenvalue weighted by Gasteiger charge is -2.09. The quantitative estimate of drug-likeness (QED) is 0.805. The molecule has 4 heteroatoms. The number of rotatable bonds is 3. The fourth-order valence-corrected chi connectivity index (χ4v) is 1.70. The van der Waals surface area contributed by atoms with Crippen molar-refractivity contribution in [2.45, 2.75) is 6.92 Å². The van der Waals surface area contributed by atoms with Crippen molar-refractivity contribution in [3.05, 3.63) is 35.8 Å². The van der Waals surface area contributed by atoms with E-state index >= 15 is 0 Å². The van der Waals surface area contributed by atoms with Crippen molar-refractivity contribution in [2.24, 2.45) is 0 Å². The van der Waals surface area contributed by atoms with Gasteiger partial charge in [-0.1, -0.05) is 15.9 Å². The normalized spacial score (nSPS) is 10.7. The number of alkyl halides is 1. The third-order valence-corrected chi connectivity index (χ3v) is 2.56. The minimum Gasteiger partial charge on any atom is -0.489 e. The molecule has 0 spiro atoms. The highest BCUT2D eigenvalue weighted by Crippen LogP contribution is 2.28. The van der Waals surface area contributed by atoms with Crippen molar-refractivity contribution in [1.82, 2.24) is 4.98 Å². The number of hydrogen-bond donors (Lipinski definition) is 0. The average Bonchev–Trinajstić information content (AvgIpc) is 2.28. The summed E-state index contributed by atoms with van der Waals surface area (Å²) in [7, 11) is 0. The Morgan fingerprint density at radius 3 is 2.88 bits per heavy atom. The molecule has 0 saturated carbocycles. The second-order valence-electron chi connectivity index (χ2n) is 3.43. The van der Waals surface area contributed by atoms with Gasteiger partial charge >= 0.3 is 0 Å². The summed E-state index contributed by atoms with van der Waals surface area (Å²) in [5.74, 6) is -0.0662. The van der Waals surface area contributed by atoms with Crippen molar-refractivity contribution in [3.63, 3.8) is 0 Å². The largest absolute Gasteiger partial charge is 0.489 e. The Bertz CT molecular complexity index is 516. The van der Waals surface area contributed by atoms with Gasteiger partial charge in [-0.05, 0) is 31.2 Å². The predicted molar refractivity (Wildman–Crippen MR) is 65.7 cm³/mol. The zero-order valence-electron chi connectivity index (χ0n) is 8.84. The van der Waals surface area contributed by atoms with Crippen LogP contribution in [0, 0.1) is 12.7 Å². The number of nitrogens with zero attached hydrogens (tertiary/aromatic N) is 1. The summed E-state index contributed by atoms with van der Waals surface area (Å²) in [5.41, 5.74) is 1.66. The molecule has 1 heterocycles. The summed E-state index contributed by atoms with van der Waals surface area (Å²) in [6.45, 7) is 2.34. The number of aryl methyl sites for hydroxylation is 1. The topological polar surface area (TPSA) is 22.1 Å². The molecule has 2 aromatic rings. The molecular formula is C12H11BrFNO. The van der Waals surface area contributed by atoms with E-state index in [0.29, 0.717) is 17.3 Å². The van der Waals surface area contributed by atoms with Crippen LogP contribution in [-0.2, 0) is 0 Å². The van der Waals surface area contributed by atoms with Gasteiger partial charge < -0.3 is 4.74 Å². The highest BCUT2D eigenvalue weighted by Gasteiger charge is 2.09. The number of benzene rings is 1. The lowest BCUT2D eigenvalue weighted by molar-refractivity contribution is 0.330. The highest BCUT2D eigenvalue weighted by molar-refractivity contribution is 9.09. The number of hydrogen-bond acceptors (Lipinski definition) is 2. The Balaban J connectivity index is 2.55. The molecule has 1 aromatic heterocycles. The van der Waals surface area contributed by atoms with Crippen LogP contribution < -0.4 is 4.74 Å². The molecule has 0 radical (unpaired) electrons. The minimum absolute atomic E-state index is 0.282. The molecule has 0 unspecified atom stereocenters. The lowest BCUT2D eigenvalue weighted by Crippen LogP contribution is -2.01. The molecule has 0 bridgehead atoms. The van der Waals surface area contributed by atoms with Gasteiger partial charge in [-0.15, -0.1) is 0 Å². The first kappa shape index (κ1) is 11.3. The SMILES string of the molecule is Cc1ccc2c(OCCBr)c(F)ccc2n1.